The maximum absolute atomic E-state index is 11.3. The van der Waals surface area contributed by atoms with Crippen LogP contribution in [0.2, 0.25) is 0 Å². The summed E-state index contributed by atoms with van der Waals surface area (Å²) in [5.74, 6) is -0.721. The molecule has 0 N–H and O–H groups in total. The number of nitrogens with zero attached hydrogens (tertiary/aromatic N) is 1. The molecule has 0 saturated heterocycles. The van der Waals surface area contributed by atoms with Gasteiger partial charge in [0.25, 0.3) is 0 Å². The van der Waals surface area contributed by atoms with E-state index in [9.17, 15) is 4.79 Å². The Labute approximate surface area is 73.7 Å². The Morgan fingerprint density at radius 2 is 2.82 bits per heavy atom. The minimum Gasteiger partial charge on any atom is -0.466 e. The van der Waals surface area contributed by atoms with E-state index < -0.39 is 26.0 Å². The second kappa shape index (κ2) is 3.53. The Bertz CT molecular complexity index is 314. The number of esters is 1. The Balaban J connectivity index is 2.99. The molecule has 2 unspecified atom stereocenters. The molecule has 0 radical (unpaired) electrons. The lowest BCUT2D eigenvalue weighted by Gasteiger charge is -2.21. The topological polar surface area (TPSA) is 29.5 Å². The Kier molecular flexibility index (Phi) is 1.19. The zero-order valence-corrected chi connectivity index (χ0v) is 6.20. The number of methoxy groups -OCH3 is 1. The van der Waals surface area contributed by atoms with Crippen molar-refractivity contribution in [2.24, 2.45) is 0 Å². The third-order valence-electron chi connectivity index (χ3n) is 1.34. The molecule has 0 aromatic carbocycles. The largest absolute Gasteiger partial charge is 0.466 e. The molecule has 3 nitrogen and oxygen atoms in total. The zero-order valence-electron chi connectivity index (χ0n) is 11.2. The molecule has 1 aliphatic rings. The van der Waals surface area contributed by atoms with Gasteiger partial charge in [-0.2, -0.15) is 0 Å². The Morgan fingerprint density at radius 3 is 3.45 bits per heavy atom. The number of carbonyl (C=O) groups excluding carboxylic acids is 1. The molecular formula is C8H13NO2. The van der Waals surface area contributed by atoms with Gasteiger partial charge in [-0.25, -0.2) is 4.79 Å². The van der Waals surface area contributed by atoms with Crippen molar-refractivity contribution < 1.29 is 16.4 Å². The van der Waals surface area contributed by atoms with Crippen molar-refractivity contribution >= 4 is 5.97 Å². The van der Waals surface area contributed by atoms with Crippen LogP contribution in [-0.2, 0) is 9.53 Å². The van der Waals surface area contributed by atoms with Gasteiger partial charge in [-0.3, -0.25) is 0 Å². The standard InChI is InChI=1S/C8H13NO2/c1-9-5-3-4-7(6-9)8(10)11-2/h4H,3,5-6H2,1-2H3/i1D3,5D,6D. The molecular weight excluding hydrogens is 142 g/mol. The molecule has 0 aromatic heterocycles. The summed E-state index contributed by atoms with van der Waals surface area (Å²) in [6.07, 6.45) is 1.49. The molecule has 3 heteroatoms. The molecule has 1 aliphatic heterocycles. The van der Waals surface area contributed by atoms with Crippen LogP contribution in [-0.4, -0.2) is 38.0 Å². The van der Waals surface area contributed by atoms with Crippen molar-refractivity contribution in [3.63, 3.8) is 0 Å². The van der Waals surface area contributed by atoms with E-state index in [-0.39, 0.29) is 12.0 Å². The maximum atomic E-state index is 11.3. The van der Waals surface area contributed by atoms with Gasteiger partial charge in [-0.15, -0.1) is 0 Å². The highest BCUT2D eigenvalue weighted by atomic mass is 16.5. The van der Waals surface area contributed by atoms with Gasteiger partial charge in [0.05, 0.1) is 7.11 Å². The summed E-state index contributed by atoms with van der Waals surface area (Å²) in [6.45, 7) is -4.98. The van der Waals surface area contributed by atoms with E-state index in [4.69, 9.17) is 6.85 Å². The molecule has 0 bridgehead atoms. The van der Waals surface area contributed by atoms with Crippen LogP contribution >= 0.6 is 0 Å². The van der Waals surface area contributed by atoms with Gasteiger partial charge >= 0.3 is 5.97 Å². The lowest BCUT2D eigenvalue weighted by molar-refractivity contribution is -0.136. The summed E-state index contributed by atoms with van der Waals surface area (Å²) in [5, 5.41) is 0. The highest BCUT2D eigenvalue weighted by Gasteiger charge is 2.14. The van der Waals surface area contributed by atoms with Crippen LogP contribution in [0.5, 0.6) is 0 Å². The van der Waals surface area contributed by atoms with Gasteiger partial charge in [-0.1, -0.05) is 6.08 Å². The van der Waals surface area contributed by atoms with E-state index in [1.54, 1.807) is 0 Å². The van der Waals surface area contributed by atoms with Gasteiger partial charge in [-0.05, 0) is 13.4 Å². The first-order chi connectivity index (χ1) is 7.29. The van der Waals surface area contributed by atoms with E-state index in [0.717, 1.165) is 0 Å². The van der Waals surface area contributed by atoms with Gasteiger partial charge in [0.1, 0.15) is 0 Å². The van der Waals surface area contributed by atoms with Crippen LogP contribution < -0.4 is 0 Å². The van der Waals surface area contributed by atoms with Crippen molar-refractivity contribution in [3.05, 3.63) is 11.6 Å². The summed E-state index contributed by atoms with van der Waals surface area (Å²) in [4.78, 5) is 12.0. The van der Waals surface area contributed by atoms with E-state index in [1.807, 2.05) is 0 Å². The molecule has 0 aliphatic carbocycles. The lowest BCUT2D eigenvalue weighted by atomic mass is 10.1. The van der Waals surface area contributed by atoms with Gasteiger partial charge < -0.3 is 9.64 Å². The van der Waals surface area contributed by atoms with Crippen molar-refractivity contribution in [2.75, 3.05) is 27.1 Å². The minimum absolute atomic E-state index is 0.0258. The van der Waals surface area contributed by atoms with Crippen molar-refractivity contribution in [2.45, 2.75) is 6.42 Å². The monoisotopic (exact) mass is 160 g/mol. The number of ether oxygens (including phenoxy) is 1. The number of likely N-dealkylation sites (N-methyl/N-ethyl adjacent to an activating group) is 1. The van der Waals surface area contributed by atoms with Crippen molar-refractivity contribution in [1.82, 2.24) is 4.90 Å². The van der Waals surface area contributed by atoms with E-state index in [1.165, 1.54) is 13.2 Å². The molecule has 62 valence electrons. The highest BCUT2D eigenvalue weighted by molar-refractivity contribution is 5.88. The molecule has 0 aromatic rings. The van der Waals surface area contributed by atoms with Gasteiger partial charge in [0.15, 0.2) is 0 Å². The number of hydrogen-bond acceptors (Lipinski definition) is 3. The summed E-state index contributed by atoms with van der Waals surface area (Å²) >= 11 is 0. The summed E-state index contributed by atoms with van der Waals surface area (Å²) in [7, 11) is 1.17. The van der Waals surface area contributed by atoms with E-state index in [0.29, 0.717) is 4.90 Å². The van der Waals surface area contributed by atoms with Crippen LogP contribution in [0.1, 0.15) is 13.3 Å². The fourth-order valence-electron chi connectivity index (χ4n) is 0.802. The quantitative estimate of drug-likeness (QED) is 0.521. The van der Waals surface area contributed by atoms with Gasteiger partial charge in [0.2, 0.25) is 0 Å². The van der Waals surface area contributed by atoms with Crippen molar-refractivity contribution in [3.8, 4) is 0 Å². The average Bonchev–Trinajstić information content (AvgIpc) is 2.14. The first-order valence-electron chi connectivity index (χ1n) is 5.86. The predicted octanol–water partition coefficient (Wildman–Crippen LogP) is 0.421. The average molecular weight is 160 g/mol. The van der Waals surface area contributed by atoms with Crippen LogP contribution in [0.15, 0.2) is 11.6 Å². The van der Waals surface area contributed by atoms with Gasteiger partial charge in [0, 0.05) is 25.5 Å². The lowest BCUT2D eigenvalue weighted by Crippen LogP contribution is -2.28. The minimum atomic E-state index is -2.56. The first kappa shape index (κ1) is 3.72. The maximum Gasteiger partial charge on any atom is 0.334 e. The molecule has 0 spiro atoms. The third-order valence-corrected chi connectivity index (χ3v) is 1.34. The second-order valence-corrected chi connectivity index (χ2v) is 2.11. The molecule has 2 atom stereocenters. The fraction of sp³-hybridized carbons (Fsp3) is 0.625. The van der Waals surface area contributed by atoms with Crippen molar-refractivity contribution in [1.29, 1.82) is 0 Å². The molecule has 0 fully saturated rings. The summed E-state index contributed by atoms with van der Waals surface area (Å²) < 4.78 is 41.3. The smallest absolute Gasteiger partial charge is 0.334 e. The second-order valence-electron chi connectivity index (χ2n) is 2.11. The van der Waals surface area contributed by atoms with Crippen LogP contribution in [0.25, 0.3) is 0 Å². The van der Waals surface area contributed by atoms with E-state index >= 15 is 0 Å². The number of hydrogen-bond donors (Lipinski definition) is 0. The van der Waals surface area contributed by atoms with Crippen LogP contribution in [0.3, 0.4) is 0 Å². The number of carbonyl (C=O) groups is 1. The fourth-order valence-corrected chi connectivity index (χ4v) is 0.802. The molecule has 11 heavy (non-hydrogen) atoms. The molecule has 1 rings (SSSR count). The summed E-state index contributed by atoms with van der Waals surface area (Å²) in [5.41, 5.74) is -0.0258. The Hall–Kier alpha value is -0.830. The first-order valence-corrected chi connectivity index (χ1v) is 3.20. The van der Waals surface area contributed by atoms with E-state index in [2.05, 4.69) is 4.74 Å². The zero-order chi connectivity index (χ0) is 12.5. The highest BCUT2D eigenvalue weighted by Crippen LogP contribution is 2.08. The molecule has 0 saturated carbocycles. The van der Waals surface area contributed by atoms with Crippen LogP contribution in [0, 0.1) is 0 Å². The third kappa shape index (κ3) is 2.05. The Morgan fingerprint density at radius 1 is 2.00 bits per heavy atom. The summed E-state index contributed by atoms with van der Waals surface area (Å²) in [6, 6.07) is 0. The normalized spacial score (nSPS) is 40.5. The van der Waals surface area contributed by atoms with Crippen LogP contribution in [0.4, 0.5) is 0 Å². The molecule has 1 heterocycles. The predicted molar refractivity (Wildman–Crippen MR) is 42.2 cm³/mol. The molecule has 0 amide bonds. The number of rotatable bonds is 1. The SMILES string of the molecule is [2H]C1CC=C(C(=O)OC)C([2H])N1C([2H])([2H])[2H].